The number of esters is 1. The molecule has 0 unspecified atom stereocenters. The molecule has 0 atom stereocenters. The van der Waals surface area contributed by atoms with Crippen LogP contribution in [0.5, 0.6) is 11.5 Å². The molecule has 0 spiro atoms. The van der Waals surface area contributed by atoms with Crippen LogP contribution in [-0.2, 0) is 14.4 Å². The number of unbranched alkanes of at least 4 members (excludes halogenated alkanes) is 1. The van der Waals surface area contributed by atoms with Crippen molar-refractivity contribution in [1.82, 2.24) is 0 Å². The van der Waals surface area contributed by atoms with Crippen molar-refractivity contribution in [2.45, 2.75) is 19.8 Å². The summed E-state index contributed by atoms with van der Waals surface area (Å²) in [6.07, 6.45) is 1.44. The molecule has 3 aromatic carbocycles. The van der Waals surface area contributed by atoms with Gasteiger partial charge in [-0.15, -0.1) is 0 Å². The first kappa shape index (κ1) is 26.8. The zero-order valence-electron chi connectivity index (χ0n) is 22.6. The second kappa shape index (κ2) is 11.9. The van der Waals surface area contributed by atoms with E-state index in [1.165, 1.54) is 7.11 Å². The molecular weight excluding hydrogens is 512 g/mol. The first-order valence-electron chi connectivity index (χ1n) is 13.1. The van der Waals surface area contributed by atoms with Gasteiger partial charge in [-0.2, -0.15) is 0 Å². The summed E-state index contributed by atoms with van der Waals surface area (Å²) in [5, 5.41) is 4.54. The smallest absolute Gasteiger partial charge is 0.342 e. The standard InChI is InChI=1S/C31H30N2O7/c1-4-38-31(35)27-24-19-22(15-16-26(24)40-29(27)20-11-13-21(36-2)14-12-20)39-18-8-7-17-33-25-10-6-5-9-23(25)28(30(33)34)32-37-3/h5-6,9-16,19H,4,7-8,17-18H2,1-3H3/b32-28-. The van der Waals surface area contributed by atoms with E-state index < -0.39 is 5.97 Å². The lowest BCUT2D eigenvalue weighted by Crippen LogP contribution is -2.31. The van der Waals surface area contributed by atoms with Crippen molar-refractivity contribution >= 4 is 34.2 Å². The van der Waals surface area contributed by atoms with Gasteiger partial charge in [0.1, 0.15) is 35.5 Å². The van der Waals surface area contributed by atoms with E-state index in [4.69, 9.17) is 23.5 Å². The fourth-order valence-electron chi connectivity index (χ4n) is 4.74. The van der Waals surface area contributed by atoms with Gasteiger partial charge in [-0.3, -0.25) is 4.79 Å². The van der Waals surface area contributed by atoms with E-state index in [9.17, 15) is 9.59 Å². The van der Waals surface area contributed by atoms with Crippen LogP contribution in [0.1, 0.15) is 35.7 Å². The molecule has 0 N–H and O–H groups in total. The van der Waals surface area contributed by atoms with Gasteiger partial charge in [-0.1, -0.05) is 23.4 Å². The Hall–Kier alpha value is -4.79. The molecule has 0 saturated heterocycles. The lowest BCUT2D eigenvalue weighted by molar-refractivity contribution is -0.112. The molecule has 2 heterocycles. The number of oxime groups is 1. The quantitative estimate of drug-likeness (QED) is 0.133. The lowest BCUT2D eigenvalue weighted by atomic mass is 10.1. The van der Waals surface area contributed by atoms with Crippen LogP contribution >= 0.6 is 0 Å². The summed E-state index contributed by atoms with van der Waals surface area (Å²) in [5.41, 5.74) is 3.56. The van der Waals surface area contributed by atoms with Crippen molar-refractivity contribution in [2.75, 3.05) is 38.9 Å². The van der Waals surface area contributed by atoms with Crippen molar-refractivity contribution < 1.29 is 33.1 Å². The Morgan fingerprint density at radius 3 is 2.50 bits per heavy atom. The summed E-state index contributed by atoms with van der Waals surface area (Å²) in [6, 6.07) is 20.2. The molecule has 0 saturated carbocycles. The van der Waals surface area contributed by atoms with Gasteiger partial charge in [0.2, 0.25) is 0 Å². The van der Waals surface area contributed by atoms with E-state index in [0.29, 0.717) is 59.1 Å². The molecule has 206 valence electrons. The van der Waals surface area contributed by atoms with Gasteiger partial charge in [0.05, 0.1) is 26.0 Å². The Balaban J connectivity index is 1.28. The van der Waals surface area contributed by atoms with E-state index in [2.05, 4.69) is 5.16 Å². The van der Waals surface area contributed by atoms with Gasteiger partial charge in [0.25, 0.3) is 5.91 Å². The van der Waals surface area contributed by atoms with E-state index in [1.807, 2.05) is 54.6 Å². The molecule has 5 rings (SSSR count). The number of para-hydroxylation sites is 1. The maximum absolute atomic E-state index is 13.0. The summed E-state index contributed by atoms with van der Waals surface area (Å²) < 4.78 is 22.7. The maximum Gasteiger partial charge on any atom is 0.342 e. The normalized spacial score (nSPS) is 13.5. The molecule has 1 amide bonds. The average Bonchev–Trinajstić information content (AvgIpc) is 3.48. The fourth-order valence-corrected chi connectivity index (χ4v) is 4.74. The minimum atomic E-state index is -0.462. The van der Waals surface area contributed by atoms with Crippen LogP contribution in [0.3, 0.4) is 0 Å². The van der Waals surface area contributed by atoms with E-state index in [-0.39, 0.29) is 12.5 Å². The summed E-state index contributed by atoms with van der Waals surface area (Å²) in [4.78, 5) is 32.4. The zero-order valence-corrected chi connectivity index (χ0v) is 22.6. The number of nitrogens with zero attached hydrogens (tertiary/aromatic N) is 2. The fraction of sp³-hybridized carbons (Fsp3) is 0.258. The van der Waals surface area contributed by atoms with Crippen LogP contribution in [-0.4, -0.2) is 51.6 Å². The number of amides is 1. The lowest BCUT2D eigenvalue weighted by Gasteiger charge is -2.16. The predicted molar refractivity (Wildman–Crippen MR) is 151 cm³/mol. The number of fused-ring (bicyclic) bond motifs is 2. The molecule has 1 aliphatic heterocycles. The average molecular weight is 543 g/mol. The number of furan rings is 1. The topological polar surface area (TPSA) is 99.8 Å². The highest BCUT2D eigenvalue weighted by molar-refractivity contribution is 6.54. The highest BCUT2D eigenvalue weighted by atomic mass is 16.6. The predicted octanol–water partition coefficient (Wildman–Crippen LogP) is 5.84. The van der Waals surface area contributed by atoms with E-state index in [0.717, 1.165) is 23.2 Å². The molecule has 4 aromatic rings. The van der Waals surface area contributed by atoms with Crippen molar-refractivity contribution in [3.05, 3.63) is 77.9 Å². The van der Waals surface area contributed by atoms with Crippen LogP contribution in [0.15, 0.2) is 76.3 Å². The Bertz CT molecular complexity index is 1560. The van der Waals surface area contributed by atoms with Crippen molar-refractivity contribution in [3.8, 4) is 22.8 Å². The van der Waals surface area contributed by atoms with Crippen LogP contribution in [0.25, 0.3) is 22.3 Å². The number of anilines is 1. The molecule has 0 bridgehead atoms. The maximum atomic E-state index is 13.0. The Labute approximate surface area is 231 Å². The van der Waals surface area contributed by atoms with Gasteiger partial charge >= 0.3 is 5.97 Å². The third kappa shape index (κ3) is 5.22. The minimum Gasteiger partial charge on any atom is -0.497 e. The van der Waals surface area contributed by atoms with Gasteiger partial charge < -0.3 is 28.4 Å². The molecule has 1 aliphatic rings. The molecule has 1 aromatic heterocycles. The van der Waals surface area contributed by atoms with Crippen LogP contribution in [0, 0.1) is 0 Å². The van der Waals surface area contributed by atoms with Crippen molar-refractivity contribution in [3.63, 3.8) is 0 Å². The van der Waals surface area contributed by atoms with Crippen molar-refractivity contribution in [2.24, 2.45) is 5.16 Å². The second-order valence-corrected chi connectivity index (χ2v) is 9.07. The highest BCUT2D eigenvalue weighted by Crippen LogP contribution is 2.37. The Kier molecular flexibility index (Phi) is 8.00. The number of hydrogen-bond acceptors (Lipinski definition) is 8. The summed E-state index contributed by atoms with van der Waals surface area (Å²) >= 11 is 0. The van der Waals surface area contributed by atoms with Gasteiger partial charge in [0, 0.05) is 23.1 Å². The van der Waals surface area contributed by atoms with E-state index in [1.54, 1.807) is 31.1 Å². The Morgan fingerprint density at radius 2 is 1.75 bits per heavy atom. The third-order valence-corrected chi connectivity index (χ3v) is 6.62. The number of methoxy groups -OCH3 is 1. The second-order valence-electron chi connectivity index (χ2n) is 9.07. The molecule has 40 heavy (non-hydrogen) atoms. The van der Waals surface area contributed by atoms with E-state index >= 15 is 0 Å². The first-order valence-corrected chi connectivity index (χ1v) is 13.1. The van der Waals surface area contributed by atoms with Crippen LogP contribution < -0.4 is 14.4 Å². The number of benzene rings is 3. The number of carbonyl (C=O) groups excluding carboxylic acids is 2. The number of hydrogen-bond donors (Lipinski definition) is 0. The van der Waals surface area contributed by atoms with Gasteiger partial charge in [-0.05, 0) is 68.3 Å². The first-order chi connectivity index (χ1) is 19.5. The summed E-state index contributed by atoms with van der Waals surface area (Å²) in [7, 11) is 3.03. The molecule has 0 radical (unpaired) electrons. The van der Waals surface area contributed by atoms with Gasteiger partial charge in [-0.25, -0.2) is 4.79 Å². The molecular formula is C31H30N2O7. The molecule has 0 fully saturated rings. The highest BCUT2D eigenvalue weighted by Gasteiger charge is 2.34. The molecule has 9 nitrogen and oxygen atoms in total. The number of carbonyl (C=O) groups is 2. The Morgan fingerprint density at radius 1 is 0.975 bits per heavy atom. The number of rotatable bonds is 11. The largest absolute Gasteiger partial charge is 0.497 e. The molecule has 9 heteroatoms. The van der Waals surface area contributed by atoms with Gasteiger partial charge in [0.15, 0.2) is 5.71 Å². The SMILES string of the molecule is CCOC(=O)c1c(-c2ccc(OC)cc2)oc2ccc(OCCCCN3C(=O)/C(=N\OC)c4ccccc43)cc12. The monoisotopic (exact) mass is 542 g/mol. The van der Waals surface area contributed by atoms with Crippen LogP contribution in [0.4, 0.5) is 5.69 Å². The molecule has 0 aliphatic carbocycles. The third-order valence-electron chi connectivity index (χ3n) is 6.62. The summed E-state index contributed by atoms with van der Waals surface area (Å²) in [5.74, 6) is 1.11. The van der Waals surface area contributed by atoms with Crippen molar-refractivity contribution in [1.29, 1.82) is 0 Å². The number of ether oxygens (including phenoxy) is 3. The zero-order chi connectivity index (χ0) is 28.1. The summed E-state index contributed by atoms with van der Waals surface area (Å²) in [6.45, 7) is 2.97. The minimum absolute atomic E-state index is 0.173. The van der Waals surface area contributed by atoms with Crippen LogP contribution in [0.2, 0.25) is 0 Å².